The monoisotopic (exact) mass is 416 g/mol. The number of carbonyl (C=O) groups is 1. The van der Waals surface area contributed by atoms with E-state index >= 15 is 0 Å². The molecule has 2 aromatic heterocycles. The van der Waals surface area contributed by atoms with Crippen LogP contribution in [0.15, 0.2) is 44.5 Å². The summed E-state index contributed by atoms with van der Waals surface area (Å²) < 4.78 is 2.24. The Morgan fingerprint density at radius 3 is 2.81 bits per heavy atom. The van der Waals surface area contributed by atoms with Gasteiger partial charge in [-0.25, -0.2) is 9.78 Å². The van der Waals surface area contributed by atoms with E-state index in [2.05, 4.69) is 31.2 Å². The van der Waals surface area contributed by atoms with Gasteiger partial charge in [-0.2, -0.15) is 0 Å². The van der Waals surface area contributed by atoms with Crippen molar-refractivity contribution in [3.8, 4) is 0 Å². The van der Waals surface area contributed by atoms with Gasteiger partial charge >= 0.3 is 5.69 Å². The normalized spacial score (nSPS) is 10.9. The molecule has 2 N–H and O–H groups in total. The first-order chi connectivity index (χ1) is 12.4. The van der Waals surface area contributed by atoms with Gasteiger partial charge in [0, 0.05) is 22.9 Å². The summed E-state index contributed by atoms with van der Waals surface area (Å²) in [5.74, 6) is -0.381. The fourth-order valence-corrected chi connectivity index (χ4v) is 3.01. The van der Waals surface area contributed by atoms with Gasteiger partial charge in [0.2, 0.25) is 0 Å². The molecular formula is C18H17BrN4O3. The van der Waals surface area contributed by atoms with E-state index in [4.69, 9.17) is 0 Å². The lowest BCUT2D eigenvalue weighted by molar-refractivity contribution is 0.102. The Morgan fingerprint density at radius 1 is 1.31 bits per heavy atom. The number of amides is 1. The Kier molecular flexibility index (Phi) is 5.03. The van der Waals surface area contributed by atoms with E-state index in [-0.39, 0.29) is 22.5 Å². The van der Waals surface area contributed by atoms with Gasteiger partial charge in [-0.15, -0.1) is 0 Å². The number of aryl methyl sites for hydroxylation is 2. The Hall–Kier alpha value is -2.74. The van der Waals surface area contributed by atoms with Crippen molar-refractivity contribution in [1.29, 1.82) is 0 Å². The van der Waals surface area contributed by atoms with Crippen molar-refractivity contribution in [3.05, 3.63) is 66.9 Å². The summed E-state index contributed by atoms with van der Waals surface area (Å²) in [5.41, 5.74) is 1.02. The van der Waals surface area contributed by atoms with Gasteiger partial charge in [0.05, 0.1) is 10.9 Å². The Balaban J connectivity index is 2.03. The molecule has 0 saturated carbocycles. The number of nitrogens with zero attached hydrogens (tertiary/aromatic N) is 2. The standard InChI is InChI=1S/C18H17BrN4O3/c1-3-6-23-15-13(17(25)22-18(23)26)7-11(9-20-15)16(24)21-14-8-12(19)5-4-10(14)2/h4-5,7-9H,3,6H2,1-2H3,(H,21,24)(H,22,25,26). The number of nitrogens with one attached hydrogen (secondary N) is 2. The number of hydrogen-bond donors (Lipinski definition) is 2. The van der Waals surface area contributed by atoms with Crippen LogP contribution in [0.3, 0.4) is 0 Å². The van der Waals surface area contributed by atoms with Gasteiger partial charge in [-0.05, 0) is 37.1 Å². The van der Waals surface area contributed by atoms with E-state index in [0.29, 0.717) is 18.7 Å². The second kappa shape index (κ2) is 7.25. The summed E-state index contributed by atoms with van der Waals surface area (Å²) in [6, 6.07) is 7.02. The summed E-state index contributed by atoms with van der Waals surface area (Å²) in [7, 11) is 0. The van der Waals surface area contributed by atoms with Crippen LogP contribution in [0.1, 0.15) is 29.3 Å². The third-order valence-electron chi connectivity index (χ3n) is 3.99. The molecule has 0 bridgehead atoms. The molecule has 0 aliphatic rings. The summed E-state index contributed by atoms with van der Waals surface area (Å²) in [6.07, 6.45) is 2.09. The van der Waals surface area contributed by atoms with Gasteiger partial charge < -0.3 is 5.32 Å². The van der Waals surface area contributed by atoms with Crippen molar-refractivity contribution in [2.24, 2.45) is 0 Å². The fourth-order valence-electron chi connectivity index (χ4n) is 2.65. The van der Waals surface area contributed by atoms with Crippen LogP contribution in [0.25, 0.3) is 11.0 Å². The second-order valence-electron chi connectivity index (χ2n) is 5.92. The number of anilines is 1. The number of H-pyrrole nitrogens is 1. The molecule has 0 saturated heterocycles. The molecule has 3 aromatic rings. The summed E-state index contributed by atoms with van der Waals surface area (Å²) in [5, 5.41) is 3.02. The number of hydrogen-bond acceptors (Lipinski definition) is 4. The number of pyridine rings is 1. The van der Waals surface area contributed by atoms with Gasteiger partial charge in [0.1, 0.15) is 5.65 Å². The van der Waals surface area contributed by atoms with E-state index in [1.54, 1.807) is 6.07 Å². The van der Waals surface area contributed by atoms with E-state index < -0.39 is 11.2 Å². The minimum absolute atomic E-state index is 0.205. The number of aromatic amines is 1. The summed E-state index contributed by atoms with van der Waals surface area (Å²) >= 11 is 3.37. The van der Waals surface area contributed by atoms with Crippen LogP contribution in [-0.4, -0.2) is 20.4 Å². The van der Waals surface area contributed by atoms with E-state index in [1.807, 2.05) is 26.0 Å². The largest absolute Gasteiger partial charge is 0.329 e. The van der Waals surface area contributed by atoms with Gasteiger partial charge in [-0.3, -0.25) is 19.1 Å². The molecule has 0 unspecified atom stereocenters. The highest BCUT2D eigenvalue weighted by Gasteiger charge is 2.14. The molecule has 0 spiro atoms. The third kappa shape index (κ3) is 3.45. The molecule has 26 heavy (non-hydrogen) atoms. The van der Waals surface area contributed by atoms with Crippen LogP contribution >= 0.6 is 15.9 Å². The van der Waals surface area contributed by atoms with E-state index in [0.717, 1.165) is 10.0 Å². The molecular weight excluding hydrogens is 400 g/mol. The quantitative estimate of drug-likeness (QED) is 0.682. The highest BCUT2D eigenvalue weighted by Crippen LogP contribution is 2.21. The minimum Gasteiger partial charge on any atom is -0.322 e. The Bertz CT molecular complexity index is 1120. The predicted molar refractivity (Wildman–Crippen MR) is 104 cm³/mol. The van der Waals surface area contributed by atoms with Gasteiger partial charge in [0.25, 0.3) is 11.5 Å². The zero-order chi connectivity index (χ0) is 18.8. The number of carbonyl (C=O) groups excluding carboxylic acids is 1. The SMILES string of the molecule is CCCn1c(=O)[nH]c(=O)c2cc(C(=O)Nc3cc(Br)ccc3C)cnc21. The summed E-state index contributed by atoms with van der Waals surface area (Å²) in [6.45, 7) is 4.24. The number of benzene rings is 1. The molecule has 8 heteroatoms. The molecule has 2 heterocycles. The van der Waals surface area contributed by atoms with Crippen LogP contribution < -0.4 is 16.6 Å². The van der Waals surface area contributed by atoms with Crippen molar-refractivity contribution in [2.45, 2.75) is 26.8 Å². The average Bonchev–Trinajstić information content (AvgIpc) is 2.61. The lowest BCUT2D eigenvalue weighted by Gasteiger charge is -2.10. The van der Waals surface area contributed by atoms with Crippen LogP contribution in [0.5, 0.6) is 0 Å². The first-order valence-electron chi connectivity index (χ1n) is 8.11. The van der Waals surface area contributed by atoms with E-state index in [1.165, 1.54) is 16.8 Å². The molecule has 0 fully saturated rings. The Labute approximate surface area is 157 Å². The van der Waals surface area contributed by atoms with Gasteiger partial charge in [-0.1, -0.05) is 28.9 Å². The smallest absolute Gasteiger partial charge is 0.322 e. The minimum atomic E-state index is -0.557. The number of aromatic nitrogens is 3. The summed E-state index contributed by atoms with van der Waals surface area (Å²) in [4.78, 5) is 43.1. The van der Waals surface area contributed by atoms with Crippen LogP contribution in [0, 0.1) is 6.92 Å². The number of rotatable bonds is 4. The zero-order valence-corrected chi connectivity index (χ0v) is 15.9. The first-order valence-corrected chi connectivity index (χ1v) is 8.90. The van der Waals surface area contributed by atoms with Crippen molar-refractivity contribution in [3.63, 3.8) is 0 Å². The van der Waals surface area contributed by atoms with Gasteiger partial charge in [0.15, 0.2) is 0 Å². The van der Waals surface area contributed by atoms with E-state index in [9.17, 15) is 14.4 Å². The number of fused-ring (bicyclic) bond motifs is 1. The molecule has 134 valence electrons. The average molecular weight is 417 g/mol. The van der Waals surface area contributed by atoms with Crippen molar-refractivity contribution >= 4 is 38.6 Å². The van der Waals surface area contributed by atoms with Crippen LogP contribution in [0.2, 0.25) is 0 Å². The molecule has 0 aliphatic carbocycles. The maximum Gasteiger partial charge on any atom is 0.329 e. The molecule has 1 amide bonds. The molecule has 1 aromatic carbocycles. The molecule has 0 aliphatic heterocycles. The highest BCUT2D eigenvalue weighted by molar-refractivity contribution is 9.10. The topological polar surface area (TPSA) is 96.9 Å². The molecule has 0 radical (unpaired) electrons. The van der Waals surface area contributed by atoms with Crippen LogP contribution in [0.4, 0.5) is 5.69 Å². The molecule has 7 nitrogen and oxygen atoms in total. The second-order valence-corrected chi connectivity index (χ2v) is 6.84. The zero-order valence-electron chi connectivity index (χ0n) is 14.3. The predicted octanol–water partition coefficient (Wildman–Crippen LogP) is 2.82. The van der Waals surface area contributed by atoms with Crippen molar-refractivity contribution in [2.75, 3.05) is 5.32 Å². The molecule has 0 atom stereocenters. The van der Waals surface area contributed by atoms with Crippen molar-refractivity contribution < 1.29 is 4.79 Å². The lowest BCUT2D eigenvalue weighted by Crippen LogP contribution is -2.31. The number of halogens is 1. The third-order valence-corrected chi connectivity index (χ3v) is 4.48. The van der Waals surface area contributed by atoms with Crippen molar-refractivity contribution in [1.82, 2.24) is 14.5 Å². The van der Waals surface area contributed by atoms with Crippen LogP contribution in [-0.2, 0) is 6.54 Å². The Morgan fingerprint density at radius 2 is 2.08 bits per heavy atom. The first kappa shape index (κ1) is 18.1. The molecule has 3 rings (SSSR count). The maximum absolute atomic E-state index is 12.6. The lowest BCUT2D eigenvalue weighted by atomic mass is 10.1. The maximum atomic E-state index is 12.6. The fraction of sp³-hybridized carbons (Fsp3) is 0.222. The highest BCUT2D eigenvalue weighted by atomic mass is 79.9.